The maximum absolute atomic E-state index is 14.8. The van der Waals surface area contributed by atoms with E-state index < -0.39 is 0 Å². The molecule has 1 aliphatic rings. The van der Waals surface area contributed by atoms with Crippen molar-refractivity contribution >= 4 is 11.7 Å². The Morgan fingerprint density at radius 3 is 2.69 bits per heavy atom. The Morgan fingerprint density at radius 2 is 2.00 bits per heavy atom. The molecule has 0 radical (unpaired) electrons. The first kappa shape index (κ1) is 19.1. The van der Waals surface area contributed by atoms with Crippen LogP contribution in [0, 0.1) is 12.7 Å². The summed E-state index contributed by atoms with van der Waals surface area (Å²) in [6.07, 6.45) is 3.37. The summed E-state index contributed by atoms with van der Waals surface area (Å²) in [5.74, 6) is 0.386. The highest BCUT2D eigenvalue weighted by molar-refractivity contribution is 5.99. The van der Waals surface area contributed by atoms with Gasteiger partial charge in [-0.05, 0) is 56.2 Å². The first-order valence-corrected chi connectivity index (χ1v) is 9.74. The molecule has 0 fully saturated rings. The molecule has 1 unspecified atom stereocenters. The fourth-order valence-electron chi connectivity index (χ4n) is 3.59. The van der Waals surface area contributed by atoms with Crippen LogP contribution in [0.4, 0.5) is 10.2 Å². The molecule has 3 aromatic rings. The van der Waals surface area contributed by atoms with Crippen molar-refractivity contribution in [2.24, 2.45) is 0 Å². The third kappa shape index (κ3) is 3.58. The Hall–Kier alpha value is -3.28. The van der Waals surface area contributed by atoms with Gasteiger partial charge in [0, 0.05) is 35.6 Å². The zero-order chi connectivity index (χ0) is 20.5. The number of anilines is 1. The van der Waals surface area contributed by atoms with Gasteiger partial charge in [-0.1, -0.05) is 12.1 Å². The highest BCUT2D eigenvalue weighted by atomic mass is 19.1. The van der Waals surface area contributed by atoms with E-state index in [0.717, 1.165) is 16.7 Å². The van der Waals surface area contributed by atoms with E-state index in [1.807, 2.05) is 39.0 Å². The van der Waals surface area contributed by atoms with Crippen LogP contribution < -0.4 is 5.32 Å². The lowest BCUT2D eigenvalue weighted by Crippen LogP contribution is -2.22. The summed E-state index contributed by atoms with van der Waals surface area (Å²) in [5.41, 5.74) is 4.50. The quantitative estimate of drug-likeness (QED) is 0.684. The average molecular weight is 390 g/mol. The van der Waals surface area contributed by atoms with Crippen molar-refractivity contribution in [1.29, 1.82) is 0 Å². The molecule has 5 nitrogen and oxygen atoms in total. The molecule has 0 saturated carbocycles. The van der Waals surface area contributed by atoms with E-state index in [0.29, 0.717) is 35.7 Å². The summed E-state index contributed by atoms with van der Waals surface area (Å²) < 4.78 is 14.8. The number of hydrogen-bond acceptors (Lipinski definition) is 4. The van der Waals surface area contributed by atoms with Crippen molar-refractivity contribution in [3.8, 4) is 11.3 Å². The molecule has 0 saturated heterocycles. The van der Waals surface area contributed by atoms with E-state index in [-0.39, 0.29) is 17.8 Å². The molecule has 1 atom stereocenters. The van der Waals surface area contributed by atoms with Crippen molar-refractivity contribution in [3.05, 3.63) is 76.9 Å². The van der Waals surface area contributed by atoms with Crippen molar-refractivity contribution in [2.75, 3.05) is 11.9 Å². The summed E-state index contributed by atoms with van der Waals surface area (Å²) in [4.78, 5) is 22.9. The summed E-state index contributed by atoms with van der Waals surface area (Å²) in [5, 5.41) is 3.35. The van der Waals surface area contributed by atoms with E-state index in [9.17, 15) is 9.18 Å². The van der Waals surface area contributed by atoms with Crippen LogP contribution >= 0.6 is 0 Å². The van der Waals surface area contributed by atoms with Gasteiger partial charge in [0.25, 0.3) is 5.91 Å². The van der Waals surface area contributed by atoms with Crippen LogP contribution in [0.25, 0.3) is 11.3 Å². The molecular weight excluding hydrogens is 367 g/mol. The fourth-order valence-corrected chi connectivity index (χ4v) is 3.59. The SMILES string of the molecule is CCN1Cc2c(ccnc2NC(C)c2ccc(-c3ccc(C)cn3)c(F)c2)C1=O. The van der Waals surface area contributed by atoms with Gasteiger partial charge in [-0.15, -0.1) is 0 Å². The molecule has 148 valence electrons. The molecule has 1 amide bonds. The standard InChI is InChI=1S/C23H23FN4O/c1-4-28-13-19-17(23(28)29)9-10-25-22(19)27-15(3)16-6-7-18(20(24)11-16)21-8-5-14(2)12-26-21/h5-12,15H,4,13H2,1-3H3,(H,25,27). The number of nitrogens with one attached hydrogen (secondary N) is 1. The number of amides is 1. The van der Waals surface area contributed by atoms with Crippen LogP contribution in [-0.2, 0) is 6.54 Å². The van der Waals surface area contributed by atoms with Gasteiger partial charge < -0.3 is 10.2 Å². The van der Waals surface area contributed by atoms with Gasteiger partial charge in [-0.2, -0.15) is 0 Å². The third-order valence-corrected chi connectivity index (χ3v) is 5.34. The predicted molar refractivity (Wildman–Crippen MR) is 111 cm³/mol. The smallest absolute Gasteiger partial charge is 0.254 e. The molecule has 1 aliphatic heterocycles. The topological polar surface area (TPSA) is 58.1 Å². The second-order valence-electron chi connectivity index (χ2n) is 7.33. The van der Waals surface area contributed by atoms with Gasteiger partial charge >= 0.3 is 0 Å². The molecule has 3 heterocycles. The van der Waals surface area contributed by atoms with Crippen LogP contribution in [0.1, 0.15) is 46.9 Å². The second kappa shape index (κ2) is 7.62. The Balaban J connectivity index is 1.57. The minimum absolute atomic E-state index is 0.0293. The molecule has 0 spiro atoms. The number of aryl methyl sites for hydroxylation is 1. The van der Waals surface area contributed by atoms with Gasteiger partial charge in [0.1, 0.15) is 11.6 Å². The van der Waals surface area contributed by atoms with Crippen LogP contribution in [0.5, 0.6) is 0 Å². The second-order valence-corrected chi connectivity index (χ2v) is 7.33. The zero-order valence-corrected chi connectivity index (χ0v) is 16.7. The number of carbonyl (C=O) groups is 1. The monoisotopic (exact) mass is 390 g/mol. The Bertz CT molecular complexity index is 1060. The predicted octanol–water partition coefficient (Wildman–Crippen LogP) is 4.74. The number of pyridine rings is 2. The lowest BCUT2D eigenvalue weighted by Gasteiger charge is -2.18. The third-order valence-electron chi connectivity index (χ3n) is 5.34. The van der Waals surface area contributed by atoms with Crippen LogP contribution in [0.2, 0.25) is 0 Å². The fraction of sp³-hybridized carbons (Fsp3) is 0.261. The van der Waals surface area contributed by atoms with E-state index in [2.05, 4.69) is 15.3 Å². The number of halogens is 1. The first-order chi connectivity index (χ1) is 14.0. The molecule has 1 aromatic carbocycles. The van der Waals surface area contributed by atoms with E-state index in [4.69, 9.17) is 0 Å². The van der Waals surface area contributed by atoms with Crippen molar-refractivity contribution < 1.29 is 9.18 Å². The van der Waals surface area contributed by atoms with Gasteiger partial charge in [-0.25, -0.2) is 9.37 Å². The summed E-state index contributed by atoms with van der Waals surface area (Å²) in [7, 11) is 0. The van der Waals surface area contributed by atoms with Crippen molar-refractivity contribution in [3.63, 3.8) is 0 Å². The van der Waals surface area contributed by atoms with Crippen LogP contribution in [0.3, 0.4) is 0 Å². The average Bonchev–Trinajstić information content (AvgIpc) is 3.05. The number of carbonyl (C=O) groups excluding carboxylic acids is 1. The maximum Gasteiger partial charge on any atom is 0.254 e. The molecule has 6 heteroatoms. The van der Waals surface area contributed by atoms with Crippen molar-refractivity contribution in [1.82, 2.24) is 14.9 Å². The van der Waals surface area contributed by atoms with E-state index in [1.165, 1.54) is 6.07 Å². The van der Waals surface area contributed by atoms with Crippen molar-refractivity contribution in [2.45, 2.75) is 33.4 Å². The van der Waals surface area contributed by atoms with Gasteiger partial charge in [0.05, 0.1) is 18.3 Å². The van der Waals surface area contributed by atoms with Crippen LogP contribution in [0.15, 0.2) is 48.8 Å². The Morgan fingerprint density at radius 1 is 1.17 bits per heavy atom. The number of benzene rings is 1. The highest BCUT2D eigenvalue weighted by Crippen LogP contribution is 2.31. The first-order valence-electron chi connectivity index (χ1n) is 9.74. The van der Waals surface area contributed by atoms with Gasteiger partial charge in [0.15, 0.2) is 0 Å². The number of aromatic nitrogens is 2. The molecule has 0 aliphatic carbocycles. The minimum Gasteiger partial charge on any atom is -0.363 e. The van der Waals surface area contributed by atoms with E-state index in [1.54, 1.807) is 29.4 Å². The van der Waals surface area contributed by atoms with Gasteiger partial charge in [-0.3, -0.25) is 9.78 Å². The summed E-state index contributed by atoms with van der Waals surface area (Å²) in [6, 6.07) is 10.5. The Labute approximate surface area is 169 Å². The molecule has 1 N–H and O–H groups in total. The van der Waals surface area contributed by atoms with Crippen LogP contribution in [-0.4, -0.2) is 27.3 Å². The number of fused-ring (bicyclic) bond motifs is 1. The number of rotatable bonds is 5. The lowest BCUT2D eigenvalue weighted by atomic mass is 10.0. The van der Waals surface area contributed by atoms with Gasteiger partial charge in [0.2, 0.25) is 0 Å². The lowest BCUT2D eigenvalue weighted by molar-refractivity contribution is 0.0787. The largest absolute Gasteiger partial charge is 0.363 e. The molecular formula is C23H23FN4O. The van der Waals surface area contributed by atoms with E-state index >= 15 is 0 Å². The maximum atomic E-state index is 14.8. The molecule has 29 heavy (non-hydrogen) atoms. The Kier molecular flexibility index (Phi) is 5.01. The summed E-state index contributed by atoms with van der Waals surface area (Å²) >= 11 is 0. The molecule has 2 aromatic heterocycles. The minimum atomic E-state index is -0.314. The molecule has 0 bridgehead atoms. The molecule has 4 rings (SSSR count). The summed E-state index contributed by atoms with van der Waals surface area (Å²) in [6.45, 7) is 7.06. The number of nitrogens with zero attached hydrogens (tertiary/aromatic N) is 3. The number of hydrogen-bond donors (Lipinski definition) is 1. The normalized spacial score (nSPS) is 14.1. The highest BCUT2D eigenvalue weighted by Gasteiger charge is 2.29. The zero-order valence-electron chi connectivity index (χ0n) is 16.7.